The average molecular weight is 263 g/mol. The molecule has 0 aliphatic heterocycles. The number of nitrogens with two attached hydrogens (primary N) is 1. The molecular formula is C16H29N3. The number of unbranched alkanes of at least 4 members (excludes halogenated alkanes) is 1. The lowest BCUT2D eigenvalue weighted by molar-refractivity contribution is 0.407. The Morgan fingerprint density at radius 3 is 2.53 bits per heavy atom. The van der Waals surface area contributed by atoms with Crippen molar-refractivity contribution in [2.24, 2.45) is 0 Å². The van der Waals surface area contributed by atoms with Crippen molar-refractivity contribution in [3.63, 3.8) is 0 Å². The Bertz CT molecular complexity index is 400. The number of aromatic nitrogens is 2. The predicted molar refractivity (Wildman–Crippen MR) is 81.5 cm³/mol. The highest BCUT2D eigenvalue weighted by Gasteiger charge is 2.24. The van der Waals surface area contributed by atoms with Gasteiger partial charge in [-0.3, -0.25) is 0 Å². The molecule has 19 heavy (non-hydrogen) atoms. The fourth-order valence-corrected chi connectivity index (χ4v) is 3.23. The van der Waals surface area contributed by atoms with Crippen LogP contribution in [-0.4, -0.2) is 9.55 Å². The molecule has 108 valence electrons. The van der Waals surface area contributed by atoms with E-state index in [0.717, 1.165) is 17.9 Å². The Morgan fingerprint density at radius 1 is 1.26 bits per heavy atom. The van der Waals surface area contributed by atoms with Crippen molar-refractivity contribution in [2.45, 2.75) is 84.1 Å². The molecule has 2 N–H and O–H groups in total. The molecule has 3 nitrogen and oxygen atoms in total. The molecular weight excluding hydrogens is 234 g/mol. The maximum absolute atomic E-state index is 6.35. The fraction of sp³-hybridized carbons (Fsp3) is 0.812. The van der Waals surface area contributed by atoms with Gasteiger partial charge in [0.05, 0.1) is 5.69 Å². The van der Waals surface area contributed by atoms with E-state index in [1.165, 1.54) is 50.8 Å². The molecule has 1 fully saturated rings. The Labute approximate surface area is 117 Å². The molecule has 1 heterocycles. The molecule has 0 atom stereocenters. The zero-order valence-electron chi connectivity index (χ0n) is 12.8. The zero-order valence-corrected chi connectivity index (χ0v) is 12.8. The summed E-state index contributed by atoms with van der Waals surface area (Å²) in [5.41, 5.74) is 7.49. The van der Waals surface area contributed by atoms with Crippen molar-refractivity contribution in [1.82, 2.24) is 9.55 Å². The average Bonchev–Trinajstić information content (AvgIpc) is 2.74. The van der Waals surface area contributed by atoms with E-state index in [2.05, 4.69) is 25.3 Å². The van der Waals surface area contributed by atoms with Crippen LogP contribution in [0.25, 0.3) is 0 Å². The van der Waals surface area contributed by atoms with Crippen LogP contribution in [0.15, 0.2) is 0 Å². The quantitative estimate of drug-likeness (QED) is 0.853. The van der Waals surface area contributed by atoms with E-state index >= 15 is 0 Å². The van der Waals surface area contributed by atoms with Crippen LogP contribution in [-0.2, 0) is 6.42 Å². The SMILES string of the molecule is CCCCc1nc(C2CCCCC2)n(C(C)C)c1N. The van der Waals surface area contributed by atoms with Crippen LogP contribution in [0.5, 0.6) is 0 Å². The standard InChI is InChI=1S/C16H29N3/c1-4-5-11-14-15(17)19(12(2)3)16(18-14)13-9-7-6-8-10-13/h12-13H,4-11,17H2,1-3H3. The number of hydrogen-bond donors (Lipinski definition) is 1. The first-order chi connectivity index (χ1) is 9.15. The third-order valence-corrected chi connectivity index (χ3v) is 4.31. The van der Waals surface area contributed by atoms with Gasteiger partial charge in [-0.1, -0.05) is 32.6 Å². The summed E-state index contributed by atoms with van der Waals surface area (Å²) in [4.78, 5) is 4.93. The number of imidazole rings is 1. The Hall–Kier alpha value is -0.990. The normalized spacial score (nSPS) is 17.3. The van der Waals surface area contributed by atoms with Gasteiger partial charge in [-0.2, -0.15) is 0 Å². The van der Waals surface area contributed by atoms with Gasteiger partial charge in [-0.25, -0.2) is 4.98 Å². The Morgan fingerprint density at radius 2 is 1.95 bits per heavy atom. The summed E-state index contributed by atoms with van der Waals surface area (Å²) in [6.07, 6.45) is 10.1. The first-order valence-electron chi connectivity index (χ1n) is 8.01. The minimum atomic E-state index is 0.416. The maximum atomic E-state index is 6.35. The van der Waals surface area contributed by atoms with Crippen LogP contribution in [0.3, 0.4) is 0 Å². The Kier molecular flexibility index (Phi) is 4.89. The maximum Gasteiger partial charge on any atom is 0.127 e. The zero-order chi connectivity index (χ0) is 13.8. The van der Waals surface area contributed by atoms with Gasteiger partial charge >= 0.3 is 0 Å². The van der Waals surface area contributed by atoms with Crippen molar-refractivity contribution in [3.05, 3.63) is 11.5 Å². The molecule has 0 amide bonds. The molecule has 3 heteroatoms. The van der Waals surface area contributed by atoms with E-state index in [1.807, 2.05) is 0 Å². The van der Waals surface area contributed by atoms with Crippen LogP contribution >= 0.6 is 0 Å². The summed E-state index contributed by atoms with van der Waals surface area (Å²) in [6.45, 7) is 6.65. The second-order valence-corrected chi connectivity index (χ2v) is 6.20. The topological polar surface area (TPSA) is 43.8 Å². The molecule has 0 spiro atoms. The number of hydrogen-bond acceptors (Lipinski definition) is 2. The molecule has 0 unspecified atom stereocenters. The van der Waals surface area contributed by atoms with Gasteiger partial charge in [-0.15, -0.1) is 0 Å². The molecule has 1 aromatic heterocycles. The highest BCUT2D eigenvalue weighted by Crippen LogP contribution is 2.35. The largest absolute Gasteiger partial charge is 0.384 e. The van der Waals surface area contributed by atoms with Crippen molar-refractivity contribution in [2.75, 3.05) is 5.73 Å². The highest BCUT2D eigenvalue weighted by atomic mass is 15.2. The molecule has 1 aromatic rings. The van der Waals surface area contributed by atoms with Gasteiger partial charge in [0.1, 0.15) is 11.6 Å². The van der Waals surface area contributed by atoms with Crippen LogP contribution in [0, 0.1) is 0 Å². The summed E-state index contributed by atoms with van der Waals surface area (Å²) in [7, 11) is 0. The first-order valence-corrected chi connectivity index (χ1v) is 8.01. The molecule has 1 aliphatic rings. The second kappa shape index (κ2) is 6.44. The van der Waals surface area contributed by atoms with Gasteiger partial charge in [0, 0.05) is 12.0 Å². The molecule has 1 saturated carbocycles. The van der Waals surface area contributed by atoms with E-state index in [1.54, 1.807) is 0 Å². The van der Waals surface area contributed by atoms with Crippen LogP contribution in [0.1, 0.15) is 89.2 Å². The summed E-state index contributed by atoms with van der Waals surface area (Å²) in [5.74, 6) is 2.82. The van der Waals surface area contributed by atoms with Gasteiger partial charge in [0.2, 0.25) is 0 Å². The molecule has 0 radical (unpaired) electrons. The van der Waals surface area contributed by atoms with Crippen molar-refractivity contribution in [3.8, 4) is 0 Å². The third-order valence-electron chi connectivity index (χ3n) is 4.31. The van der Waals surface area contributed by atoms with Gasteiger partial charge in [0.25, 0.3) is 0 Å². The molecule has 0 saturated heterocycles. The molecule has 2 rings (SSSR count). The third kappa shape index (κ3) is 3.13. The fourth-order valence-electron chi connectivity index (χ4n) is 3.23. The number of aryl methyl sites for hydroxylation is 1. The van der Waals surface area contributed by atoms with Crippen molar-refractivity contribution in [1.29, 1.82) is 0 Å². The number of anilines is 1. The monoisotopic (exact) mass is 263 g/mol. The summed E-state index contributed by atoms with van der Waals surface area (Å²) in [6, 6.07) is 0.416. The summed E-state index contributed by atoms with van der Waals surface area (Å²) < 4.78 is 2.29. The lowest BCUT2D eigenvalue weighted by atomic mass is 9.88. The van der Waals surface area contributed by atoms with Crippen LogP contribution in [0.4, 0.5) is 5.82 Å². The van der Waals surface area contributed by atoms with Crippen LogP contribution < -0.4 is 5.73 Å². The second-order valence-electron chi connectivity index (χ2n) is 6.20. The molecule has 0 bridgehead atoms. The van der Waals surface area contributed by atoms with E-state index in [9.17, 15) is 0 Å². The summed E-state index contributed by atoms with van der Waals surface area (Å²) in [5, 5.41) is 0. The van der Waals surface area contributed by atoms with Gasteiger partial charge < -0.3 is 10.3 Å². The minimum absolute atomic E-state index is 0.416. The van der Waals surface area contributed by atoms with E-state index in [-0.39, 0.29) is 0 Å². The molecule has 1 aliphatic carbocycles. The number of nitrogens with zero attached hydrogens (tertiary/aromatic N) is 2. The Balaban J connectivity index is 2.29. The lowest BCUT2D eigenvalue weighted by Gasteiger charge is -2.24. The number of nitrogen functional groups attached to an aromatic ring is 1. The van der Waals surface area contributed by atoms with Crippen LogP contribution in [0.2, 0.25) is 0 Å². The predicted octanol–water partition coefficient (Wildman–Crippen LogP) is 4.44. The minimum Gasteiger partial charge on any atom is -0.384 e. The van der Waals surface area contributed by atoms with E-state index in [0.29, 0.717) is 12.0 Å². The highest BCUT2D eigenvalue weighted by molar-refractivity contribution is 5.40. The smallest absolute Gasteiger partial charge is 0.127 e. The summed E-state index contributed by atoms with van der Waals surface area (Å²) >= 11 is 0. The van der Waals surface area contributed by atoms with Crippen molar-refractivity contribution >= 4 is 5.82 Å². The van der Waals surface area contributed by atoms with Gasteiger partial charge in [-0.05, 0) is 39.5 Å². The van der Waals surface area contributed by atoms with E-state index in [4.69, 9.17) is 10.7 Å². The van der Waals surface area contributed by atoms with Gasteiger partial charge in [0.15, 0.2) is 0 Å². The van der Waals surface area contributed by atoms with E-state index < -0.39 is 0 Å². The van der Waals surface area contributed by atoms with Crippen molar-refractivity contribution < 1.29 is 0 Å². The number of rotatable bonds is 5. The first kappa shape index (κ1) is 14.4. The lowest BCUT2D eigenvalue weighted by Crippen LogP contribution is -2.15. The molecule has 0 aromatic carbocycles.